The van der Waals surface area contributed by atoms with Crippen molar-refractivity contribution in [3.63, 3.8) is 0 Å². The number of aryl methyl sites for hydroxylation is 1. The van der Waals surface area contributed by atoms with Crippen LogP contribution >= 0.6 is 0 Å². The summed E-state index contributed by atoms with van der Waals surface area (Å²) >= 11 is 0. The molecule has 0 bridgehead atoms. The largest absolute Gasteiger partial charge is 0.469 e. The highest BCUT2D eigenvalue weighted by atomic mass is 16.3. The summed E-state index contributed by atoms with van der Waals surface area (Å²) in [5.74, 6) is 0.638. The van der Waals surface area contributed by atoms with Crippen LogP contribution in [0.2, 0.25) is 0 Å². The van der Waals surface area contributed by atoms with E-state index in [9.17, 15) is 4.79 Å². The van der Waals surface area contributed by atoms with Crippen molar-refractivity contribution in [2.45, 2.75) is 25.8 Å². The van der Waals surface area contributed by atoms with E-state index in [-0.39, 0.29) is 11.9 Å². The fourth-order valence-electron chi connectivity index (χ4n) is 2.76. The third kappa shape index (κ3) is 2.12. The Morgan fingerprint density at radius 2 is 2.15 bits per heavy atom. The topological polar surface area (TPSA) is 59.5 Å². The minimum absolute atomic E-state index is 0.00514. The predicted octanol–water partition coefficient (Wildman–Crippen LogP) is 3.03. The summed E-state index contributed by atoms with van der Waals surface area (Å²) in [4.78, 5) is 14.5. The first-order valence-corrected chi connectivity index (χ1v) is 6.89. The molecule has 2 N–H and O–H groups in total. The maximum atomic E-state index is 12.7. The average Bonchev–Trinajstić information content (AvgIpc) is 2.81. The zero-order chi connectivity index (χ0) is 14.1. The molecule has 1 atom stereocenters. The molecule has 0 saturated heterocycles. The van der Waals surface area contributed by atoms with E-state index < -0.39 is 0 Å². The lowest BCUT2D eigenvalue weighted by Crippen LogP contribution is -2.32. The van der Waals surface area contributed by atoms with E-state index in [1.165, 1.54) is 0 Å². The third-order valence-corrected chi connectivity index (χ3v) is 3.86. The van der Waals surface area contributed by atoms with E-state index in [0.717, 1.165) is 24.1 Å². The number of anilines is 1. The molecule has 3 rings (SSSR count). The minimum Gasteiger partial charge on any atom is -0.469 e. The Morgan fingerprint density at radius 1 is 1.35 bits per heavy atom. The van der Waals surface area contributed by atoms with Gasteiger partial charge in [-0.25, -0.2) is 0 Å². The van der Waals surface area contributed by atoms with Crippen LogP contribution in [0.1, 0.15) is 40.6 Å². The number of carbonyl (C=O) groups is 1. The second kappa shape index (κ2) is 5.13. The fourth-order valence-corrected chi connectivity index (χ4v) is 2.76. The molecule has 4 heteroatoms. The Morgan fingerprint density at radius 3 is 2.90 bits per heavy atom. The van der Waals surface area contributed by atoms with Gasteiger partial charge < -0.3 is 15.1 Å². The Kier molecular flexibility index (Phi) is 3.32. The summed E-state index contributed by atoms with van der Waals surface area (Å²) in [5, 5.41) is 0. The highest BCUT2D eigenvalue weighted by Crippen LogP contribution is 2.32. The van der Waals surface area contributed by atoms with Gasteiger partial charge in [-0.3, -0.25) is 4.79 Å². The number of para-hydroxylation sites is 1. The normalized spacial score (nSPS) is 18.5. The van der Waals surface area contributed by atoms with Gasteiger partial charge in [-0.05, 0) is 37.5 Å². The van der Waals surface area contributed by atoms with Crippen LogP contribution < -0.4 is 10.6 Å². The maximum Gasteiger partial charge on any atom is 0.261 e. The van der Waals surface area contributed by atoms with Gasteiger partial charge in [0, 0.05) is 18.3 Å². The monoisotopic (exact) mass is 270 g/mol. The number of rotatable bonds is 1. The van der Waals surface area contributed by atoms with E-state index >= 15 is 0 Å². The molecule has 0 fully saturated rings. The molecule has 4 nitrogen and oxygen atoms in total. The van der Waals surface area contributed by atoms with Crippen molar-refractivity contribution in [3.05, 3.63) is 53.5 Å². The molecule has 0 saturated carbocycles. The molecule has 2 heterocycles. The average molecular weight is 270 g/mol. The van der Waals surface area contributed by atoms with E-state index in [0.29, 0.717) is 17.9 Å². The molecule has 1 amide bonds. The van der Waals surface area contributed by atoms with Crippen LogP contribution in [0, 0.1) is 6.92 Å². The van der Waals surface area contributed by atoms with Crippen LogP contribution in [0.25, 0.3) is 0 Å². The summed E-state index contributed by atoms with van der Waals surface area (Å²) in [6, 6.07) is 9.61. The number of carbonyl (C=O) groups excluding carboxylic acids is 1. The molecular weight excluding hydrogens is 252 g/mol. The van der Waals surface area contributed by atoms with Crippen LogP contribution in [-0.2, 0) is 0 Å². The molecule has 0 aliphatic carbocycles. The Hall–Kier alpha value is -2.07. The third-order valence-electron chi connectivity index (χ3n) is 3.86. The van der Waals surface area contributed by atoms with Crippen molar-refractivity contribution in [2.24, 2.45) is 5.73 Å². The lowest BCUT2D eigenvalue weighted by atomic mass is 10.0. The molecule has 1 aliphatic heterocycles. The number of hydrogen-bond donors (Lipinski definition) is 1. The lowest BCUT2D eigenvalue weighted by Gasteiger charge is -2.23. The first kappa shape index (κ1) is 12.9. The van der Waals surface area contributed by atoms with E-state index in [1.807, 2.05) is 36.1 Å². The first-order chi connectivity index (χ1) is 9.68. The minimum atomic E-state index is -0.0159. The molecule has 1 aromatic carbocycles. The van der Waals surface area contributed by atoms with Crippen molar-refractivity contribution < 1.29 is 9.21 Å². The van der Waals surface area contributed by atoms with Crippen molar-refractivity contribution in [1.82, 2.24) is 0 Å². The molecule has 0 radical (unpaired) electrons. The summed E-state index contributed by atoms with van der Waals surface area (Å²) in [6.45, 7) is 2.50. The maximum absolute atomic E-state index is 12.7. The van der Waals surface area contributed by atoms with Crippen molar-refractivity contribution in [2.75, 3.05) is 11.4 Å². The number of nitrogens with two attached hydrogens (primary N) is 1. The van der Waals surface area contributed by atoms with Crippen molar-refractivity contribution in [3.8, 4) is 0 Å². The number of furan rings is 1. The van der Waals surface area contributed by atoms with Gasteiger partial charge in [-0.2, -0.15) is 0 Å². The number of amides is 1. The highest BCUT2D eigenvalue weighted by Gasteiger charge is 2.26. The van der Waals surface area contributed by atoms with Crippen LogP contribution in [-0.4, -0.2) is 12.5 Å². The van der Waals surface area contributed by atoms with Gasteiger partial charge in [0.15, 0.2) is 0 Å². The van der Waals surface area contributed by atoms with E-state index in [4.69, 9.17) is 10.2 Å². The fraction of sp³-hybridized carbons (Fsp3) is 0.312. The van der Waals surface area contributed by atoms with E-state index in [1.54, 1.807) is 12.3 Å². The summed E-state index contributed by atoms with van der Waals surface area (Å²) < 4.78 is 5.24. The molecule has 104 valence electrons. The number of benzene rings is 1. The second-order valence-electron chi connectivity index (χ2n) is 5.15. The van der Waals surface area contributed by atoms with Crippen LogP contribution in [0.3, 0.4) is 0 Å². The van der Waals surface area contributed by atoms with Gasteiger partial charge in [0.2, 0.25) is 0 Å². The highest BCUT2D eigenvalue weighted by molar-refractivity contribution is 6.07. The van der Waals surface area contributed by atoms with Gasteiger partial charge in [0.25, 0.3) is 5.91 Å². The SMILES string of the molecule is Cc1occc1C(=O)N1CCCC(N)c2ccccc21. The van der Waals surface area contributed by atoms with Crippen molar-refractivity contribution in [1.29, 1.82) is 0 Å². The summed E-state index contributed by atoms with van der Waals surface area (Å²) in [7, 11) is 0. The summed E-state index contributed by atoms with van der Waals surface area (Å²) in [5.41, 5.74) is 8.78. The zero-order valence-corrected chi connectivity index (χ0v) is 11.5. The van der Waals surface area contributed by atoms with Gasteiger partial charge >= 0.3 is 0 Å². The predicted molar refractivity (Wildman–Crippen MR) is 77.7 cm³/mol. The van der Waals surface area contributed by atoms with Gasteiger partial charge in [-0.15, -0.1) is 0 Å². The van der Waals surface area contributed by atoms with Crippen LogP contribution in [0.5, 0.6) is 0 Å². The number of fused-ring (bicyclic) bond motifs is 1. The van der Waals surface area contributed by atoms with Crippen LogP contribution in [0.15, 0.2) is 41.0 Å². The second-order valence-corrected chi connectivity index (χ2v) is 5.15. The van der Waals surface area contributed by atoms with Crippen molar-refractivity contribution >= 4 is 11.6 Å². The number of nitrogens with zero attached hydrogens (tertiary/aromatic N) is 1. The lowest BCUT2D eigenvalue weighted by molar-refractivity contribution is 0.0985. The Balaban J connectivity index is 2.03. The zero-order valence-electron chi connectivity index (χ0n) is 11.5. The van der Waals surface area contributed by atoms with Crippen LogP contribution in [0.4, 0.5) is 5.69 Å². The first-order valence-electron chi connectivity index (χ1n) is 6.89. The smallest absolute Gasteiger partial charge is 0.261 e. The molecular formula is C16H18N2O2. The molecule has 1 unspecified atom stereocenters. The van der Waals surface area contributed by atoms with Gasteiger partial charge in [-0.1, -0.05) is 18.2 Å². The molecule has 0 spiro atoms. The molecule has 1 aromatic heterocycles. The van der Waals surface area contributed by atoms with Gasteiger partial charge in [0.1, 0.15) is 5.76 Å². The Labute approximate surface area is 118 Å². The quantitative estimate of drug-likeness (QED) is 0.866. The molecule has 20 heavy (non-hydrogen) atoms. The number of hydrogen-bond acceptors (Lipinski definition) is 3. The standard InChI is InChI=1S/C16H18N2O2/c1-11-12(8-10-20-11)16(19)18-9-4-6-14(17)13-5-2-3-7-15(13)18/h2-3,5,7-8,10,14H,4,6,9,17H2,1H3. The molecule has 1 aliphatic rings. The van der Waals surface area contributed by atoms with Gasteiger partial charge in [0.05, 0.1) is 11.8 Å². The Bertz CT molecular complexity index is 633. The van der Waals surface area contributed by atoms with E-state index in [2.05, 4.69) is 0 Å². The summed E-state index contributed by atoms with van der Waals surface area (Å²) in [6.07, 6.45) is 3.35. The molecule has 2 aromatic rings.